The van der Waals surface area contributed by atoms with E-state index < -0.39 is 0 Å². The van der Waals surface area contributed by atoms with Crippen molar-refractivity contribution in [3.05, 3.63) is 63.6 Å². The molecule has 3 aromatic rings. The van der Waals surface area contributed by atoms with Crippen molar-refractivity contribution in [1.29, 1.82) is 5.26 Å². The summed E-state index contributed by atoms with van der Waals surface area (Å²) >= 11 is 7.83. The van der Waals surface area contributed by atoms with Gasteiger partial charge in [0.25, 0.3) is 5.01 Å². The number of hydrogen-bond acceptors (Lipinski definition) is 2. The Hall–Kier alpha value is -2.15. The van der Waals surface area contributed by atoms with E-state index in [2.05, 4.69) is 29.7 Å². The number of nitrogens with zero attached hydrogens (tertiary/aromatic N) is 2. The molecule has 0 aliphatic rings. The minimum atomic E-state index is 0.686. The third kappa shape index (κ3) is 2.76. The van der Waals surface area contributed by atoms with Gasteiger partial charge in [-0.05, 0) is 36.8 Å². The van der Waals surface area contributed by atoms with Crippen molar-refractivity contribution < 1.29 is 4.57 Å². The maximum Gasteiger partial charge on any atom is 0.262 e. The fourth-order valence-electron chi connectivity index (χ4n) is 2.43. The minimum absolute atomic E-state index is 0.686. The molecule has 0 saturated heterocycles. The van der Waals surface area contributed by atoms with Crippen molar-refractivity contribution in [2.24, 2.45) is 0 Å². The van der Waals surface area contributed by atoms with Crippen LogP contribution < -0.4 is 4.57 Å². The van der Waals surface area contributed by atoms with Crippen molar-refractivity contribution in [3.63, 3.8) is 0 Å². The average molecular weight is 326 g/mol. The van der Waals surface area contributed by atoms with Crippen LogP contribution in [0.1, 0.15) is 23.1 Å². The summed E-state index contributed by atoms with van der Waals surface area (Å²) in [5.41, 5.74) is 2.77. The molecule has 0 amide bonds. The molecule has 0 radical (unpaired) electrons. The quantitative estimate of drug-likeness (QED) is 0.629. The summed E-state index contributed by atoms with van der Waals surface area (Å²) in [5.74, 6) is 0. The van der Waals surface area contributed by atoms with Gasteiger partial charge in [0.15, 0.2) is 0 Å². The van der Waals surface area contributed by atoms with Crippen molar-refractivity contribution in [2.45, 2.75) is 13.5 Å². The van der Waals surface area contributed by atoms with Crippen LogP contribution >= 0.6 is 22.9 Å². The van der Waals surface area contributed by atoms with Crippen LogP contribution in [-0.4, -0.2) is 0 Å². The lowest BCUT2D eigenvalue weighted by Gasteiger charge is -1.95. The van der Waals surface area contributed by atoms with Crippen LogP contribution in [0.4, 0.5) is 0 Å². The smallest absolute Gasteiger partial charge is 0.192 e. The fourth-order valence-corrected chi connectivity index (χ4v) is 3.70. The number of halogens is 1. The van der Waals surface area contributed by atoms with E-state index in [1.807, 2.05) is 42.5 Å². The Morgan fingerprint density at radius 3 is 2.82 bits per heavy atom. The predicted molar refractivity (Wildman–Crippen MR) is 92.8 cm³/mol. The number of hydrogen-bond donors (Lipinski definition) is 0. The van der Waals surface area contributed by atoms with E-state index in [4.69, 9.17) is 16.9 Å². The molecule has 2 aromatic carbocycles. The van der Waals surface area contributed by atoms with E-state index >= 15 is 0 Å². The molecule has 4 heteroatoms. The lowest BCUT2D eigenvalue weighted by molar-refractivity contribution is -0.665. The van der Waals surface area contributed by atoms with Gasteiger partial charge in [0.1, 0.15) is 11.2 Å². The van der Waals surface area contributed by atoms with Gasteiger partial charge in [-0.15, -0.1) is 0 Å². The number of aryl methyl sites for hydroxylation is 1. The molecule has 22 heavy (non-hydrogen) atoms. The molecule has 3 rings (SSSR count). The second-order valence-electron chi connectivity index (χ2n) is 4.83. The molecule has 0 spiro atoms. The number of fused-ring (bicyclic) bond motifs is 1. The Balaban J connectivity index is 2.07. The SMILES string of the molecule is CC[n+]1c(C=Cc2ccccc2C#N)sc2ccc(Cl)cc21. The molecule has 108 valence electrons. The zero-order valence-corrected chi connectivity index (χ0v) is 13.7. The molecule has 0 bridgehead atoms. The van der Waals surface area contributed by atoms with Gasteiger partial charge in [0.2, 0.25) is 5.52 Å². The van der Waals surface area contributed by atoms with Gasteiger partial charge in [-0.25, -0.2) is 0 Å². The first-order valence-electron chi connectivity index (χ1n) is 7.02. The predicted octanol–water partition coefficient (Wildman–Crippen LogP) is 4.90. The van der Waals surface area contributed by atoms with Gasteiger partial charge < -0.3 is 0 Å². The van der Waals surface area contributed by atoms with E-state index in [-0.39, 0.29) is 0 Å². The molecule has 1 heterocycles. The Labute approximate surface area is 138 Å². The highest BCUT2D eigenvalue weighted by Gasteiger charge is 2.17. The lowest BCUT2D eigenvalue weighted by Crippen LogP contribution is -2.33. The number of thiazole rings is 1. The lowest BCUT2D eigenvalue weighted by atomic mass is 10.1. The van der Waals surface area contributed by atoms with Gasteiger partial charge in [-0.2, -0.15) is 9.83 Å². The summed E-state index contributed by atoms with van der Waals surface area (Å²) < 4.78 is 3.44. The first kappa shape index (κ1) is 14.8. The highest BCUT2D eigenvalue weighted by Crippen LogP contribution is 2.25. The van der Waals surface area contributed by atoms with Gasteiger partial charge in [-0.3, -0.25) is 0 Å². The zero-order valence-electron chi connectivity index (χ0n) is 12.1. The standard InChI is InChI=1S/C18H14ClN2S/c1-2-21-16-11-15(19)8-9-17(16)22-18(21)10-7-13-5-3-4-6-14(13)12-20/h3-11H,2H2,1H3/q+1. The number of nitriles is 1. The Kier molecular flexibility index (Phi) is 4.24. The van der Waals surface area contributed by atoms with Crippen LogP contribution in [0.3, 0.4) is 0 Å². The molecule has 0 unspecified atom stereocenters. The van der Waals surface area contributed by atoms with E-state index in [1.54, 1.807) is 11.3 Å². The van der Waals surface area contributed by atoms with Crippen molar-refractivity contribution >= 4 is 45.3 Å². The van der Waals surface area contributed by atoms with E-state index in [9.17, 15) is 0 Å². The molecule has 0 aliphatic heterocycles. The Morgan fingerprint density at radius 2 is 2.05 bits per heavy atom. The minimum Gasteiger partial charge on any atom is -0.192 e. The number of rotatable bonds is 3. The monoisotopic (exact) mass is 325 g/mol. The van der Waals surface area contributed by atoms with E-state index in [0.29, 0.717) is 5.56 Å². The van der Waals surface area contributed by atoms with Gasteiger partial charge in [-0.1, -0.05) is 41.1 Å². The van der Waals surface area contributed by atoms with Crippen LogP contribution in [0.5, 0.6) is 0 Å². The van der Waals surface area contributed by atoms with Gasteiger partial charge in [0.05, 0.1) is 11.6 Å². The summed E-state index contributed by atoms with van der Waals surface area (Å²) in [4.78, 5) is 0. The molecule has 0 fully saturated rings. The second kappa shape index (κ2) is 6.31. The summed E-state index contributed by atoms with van der Waals surface area (Å²) in [6, 6.07) is 15.8. The molecule has 0 N–H and O–H groups in total. The topological polar surface area (TPSA) is 27.7 Å². The first-order valence-corrected chi connectivity index (χ1v) is 8.21. The molecular weight excluding hydrogens is 312 g/mol. The Bertz CT molecular complexity index is 903. The maximum absolute atomic E-state index is 9.16. The highest BCUT2D eigenvalue weighted by molar-refractivity contribution is 7.18. The van der Waals surface area contributed by atoms with E-state index in [1.165, 1.54) is 4.70 Å². The maximum atomic E-state index is 9.16. The number of benzene rings is 2. The largest absolute Gasteiger partial charge is 0.262 e. The highest BCUT2D eigenvalue weighted by atomic mass is 35.5. The van der Waals surface area contributed by atoms with Crippen molar-refractivity contribution in [2.75, 3.05) is 0 Å². The average Bonchev–Trinajstić information content (AvgIpc) is 2.89. The third-order valence-corrected chi connectivity index (χ3v) is 4.86. The Morgan fingerprint density at radius 1 is 1.23 bits per heavy atom. The third-order valence-electron chi connectivity index (χ3n) is 3.50. The fraction of sp³-hybridized carbons (Fsp3) is 0.111. The van der Waals surface area contributed by atoms with E-state index in [0.717, 1.165) is 27.7 Å². The van der Waals surface area contributed by atoms with Gasteiger partial charge in [0, 0.05) is 17.2 Å². The summed E-state index contributed by atoms with van der Waals surface area (Å²) in [6.45, 7) is 2.99. The molecular formula is C18H14ClN2S+. The van der Waals surface area contributed by atoms with Crippen LogP contribution in [0.2, 0.25) is 5.02 Å². The zero-order chi connectivity index (χ0) is 15.5. The normalized spacial score (nSPS) is 11.1. The van der Waals surface area contributed by atoms with Gasteiger partial charge >= 0.3 is 0 Å². The number of aromatic nitrogens is 1. The second-order valence-corrected chi connectivity index (χ2v) is 6.33. The van der Waals surface area contributed by atoms with Crippen molar-refractivity contribution in [3.8, 4) is 6.07 Å². The molecule has 1 aromatic heterocycles. The molecule has 0 saturated carbocycles. The molecule has 2 nitrogen and oxygen atoms in total. The van der Waals surface area contributed by atoms with Crippen LogP contribution in [0.25, 0.3) is 22.4 Å². The summed E-state index contributed by atoms with van der Waals surface area (Å²) in [7, 11) is 0. The first-order chi connectivity index (χ1) is 10.7. The van der Waals surface area contributed by atoms with Crippen LogP contribution in [0, 0.1) is 11.3 Å². The summed E-state index contributed by atoms with van der Waals surface area (Å²) in [6.07, 6.45) is 4.06. The van der Waals surface area contributed by atoms with Crippen molar-refractivity contribution in [1.82, 2.24) is 0 Å². The van der Waals surface area contributed by atoms with Crippen LogP contribution in [-0.2, 0) is 6.54 Å². The van der Waals surface area contributed by atoms with Crippen LogP contribution in [0.15, 0.2) is 42.5 Å². The molecule has 0 aliphatic carbocycles. The molecule has 0 atom stereocenters. The summed E-state index contributed by atoms with van der Waals surface area (Å²) in [5, 5.41) is 11.1.